The average molecular weight is 491 g/mol. The number of hydrogen-bond acceptors (Lipinski definition) is 3. The van der Waals surface area contributed by atoms with Gasteiger partial charge in [0.1, 0.15) is 11.2 Å². The maximum Gasteiger partial charge on any atom is 0.112 e. The summed E-state index contributed by atoms with van der Waals surface area (Å²) in [7, 11) is 0. The molecule has 4 aromatic carbocycles. The summed E-state index contributed by atoms with van der Waals surface area (Å²) < 4.78 is 0. The van der Waals surface area contributed by atoms with Gasteiger partial charge in [0.05, 0.1) is 15.1 Å². The summed E-state index contributed by atoms with van der Waals surface area (Å²) in [5.74, 6) is 0. The molecule has 0 fully saturated rings. The van der Waals surface area contributed by atoms with Crippen LogP contribution in [0.1, 0.15) is 5.56 Å². The molecule has 0 saturated carbocycles. The number of halogens is 3. The van der Waals surface area contributed by atoms with E-state index in [-0.39, 0.29) is 0 Å². The van der Waals surface area contributed by atoms with Gasteiger partial charge in [-0.05, 0) is 41.5 Å². The van der Waals surface area contributed by atoms with Crippen LogP contribution in [0.5, 0.6) is 0 Å². The quantitative estimate of drug-likeness (QED) is 0.268. The van der Waals surface area contributed by atoms with Gasteiger partial charge in [-0.2, -0.15) is 0 Å². The molecule has 0 atom stereocenters. The van der Waals surface area contributed by atoms with E-state index in [0.29, 0.717) is 27.1 Å². The van der Waals surface area contributed by atoms with Crippen molar-refractivity contribution in [1.82, 2.24) is 10.2 Å². The standard InChI is InChI=1S/C27H18Cl3N3/c28-22-13-12-17(14-24(22)30)16-31-20-9-4-8-19(15-20)25-21-10-5-11-23(29)27(21)33-32-26(25)18-6-2-1-3-7-18/h1-15,31H,16H2. The Morgan fingerprint density at radius 2 is 1.42 bits per heavy atom. The van der Waals surface area contributed by atoms with Crippen molar-refractivity contribution < 1.29 is 0 Å². The average Bonchev–Trinajstić information content (AvgIpc) is 2.85. The minimum Gasteiger partial charge on any atom is -0.381 e. The smallest absolute Gasteiger partial charge is 0.112 e. The molecule has 33 heavy (non-hydrogen) atoms. The van der Waals surface area contributed by atoms with Crippen LogP contribution in [-0.4, -0.2) is 10.2 Å². The number of nitrogens with one attached hydrogen (secondary N) is 1. The Morgan fingerprint density at radius 1 is 0.636 bits per heavy atom. The molecular weight excluding hydrogens is 473 g/mol. The third kappa shape index (κ3) is 4.53. The zero-order chi connectivity index (χ0) is 22.8. The lowest BCUT2D eigenvalue weighted by Crippen LogP contribution is -2.00. The summed E-state index contributed by atoms with van der Waals surface area (Å²) in [4.78, 5) is 0. The first-order valence-corrected chi connectivity index (χ1v) is 11.5. The zero-order valence-corrected chi connectivity index (χ0v) is 19.7. The largest absolute Gasteiger partial charge is 0.381 e. The van der Waals surface area contributed by atoms with Crippen LogP contribution in [0.2, 0.25) is 15.1 Å². The van der Waals surface area contributed by atoms with Gasteiger partial charge in [0, 0.05) is 28.7 Å². The fourth-order valence-electron chi connectivity index (χ4n) is 3.82. The lowest BCUT2D eigenvalue weighted by molar-refractivity contribution is 1.08. The molecule has 1 heterocycles. The fraction of sp³-hybridized carbons (Fsp3) is 0.0370. The van der Waals surface area contributed by atoms with E-state index in [1.165, 1.54) is 0 Å². The monoisotopic (exact) mass is 489 g/mol. The number of benzene rings is 4. The number of hydrogen-bond donors (Lipinski definition) is 1. The molecule has 6 heteroatoms. The van der Waals surface area contributed by atoms with Crippen LogP contribution >= 0.6 is 34.8 Å². The van der Waals surface area contributed by atoms with Crippen LogP contribution < -0.4 is 5.32 Å². The minimum absolute atomic E-state index is 0.545. The van der Waals surface area contributed by atoms with Crippen LogP contribution in [0, 0.1) is 0 Å². The predicted octanol–water partition coefficient (Wildman–Crippen LogP) is 8.54. The van der Waals surface area contributed by atoms with Gasteiger partial charge in [-0.3, -0.25) is 0 Å². The highest BCUT2D eigenvalue weighted by Gasteiger charge is 2.16. The first-order chi connectivity index (χ1) is 16.1. The molecule has 0 radical (unpaired) electrons. The van der Waals surface area contributed by atoms with E-state index in [0.717, 1.165) is 39.0 Å². The molecule has 0 spiro atoms. The molecule has 162 valence electrons. The van der Waals surface area contributed by atoms with E-state index in [1.807, 2.05) is 78.9 Å². The van der Waals surface area contributed by atoms with Crippen LogP contribution in [0.25, 0.3) is 33.3 Å². The second-order valence-corrected chi connectivity index (χ2v) is 8.83. The maximum atomic E-state index is 6.45. The normalized spacial score (nSPS) is 11.0. The predicted molar refractivity (Wildman–Crippen MR) is 139 cm³/mol. The molecular formula is C27H18Cl3N3. The topological polar surface area (TPSA) is 37.8 Å². The molecule has 0 aliphatic heterocycles. The lowest BCUT2D eigenvalue weighted by atomic mass is 9.95. The summed E-state index contributed by atoms with van der Waals surface area (Å²) in [5.41, 5.74) is 6.53. The molecule has 0 unspecified atom stereocenters. The molecule has 1 aromatic heterocycles. The highest BCUT2D eigenvalue weighted by molar-refractivity contribution is 6.42. The highest BCUT2D eigenvalue weighted by atomic mass is 35.5. The van der Waals surface area contributed by atoms with Crippen molar-refractivity contribution in [2.24, 2.45) is 0 Å². The SMILES string of the molecule is Clc1ccc(CNc2cccc(-c3c(-c4ccccc4)nnc4c(Cl)cccc34)c2)cc1Cl. The second kappa shape index (κ2) is 9.40. The van der Waals surface area contributed by atoms with E-state index < -0.39 is 0 Å². The van der Waals surface area contributed by atoms with Crippen molar-refractivity contribution >= 4 is 51.4 Å². The summed E-state index contributed by atoms with van der Waals surface area (Å²) in [6, 6.07) is 29.8. The molecule has 1 N–H and O–H groups in total. The molecule has 0 saturated heterocycles. The van der Waals surface area contributed by atoms with Gasteiger partial charge in [-0.25, -0.2) is 0 Å². The van der Waals surface area contributed by atoms with Gasteiger partial charge in [-0.1, -0.05) is 95.5 Å². The molecule has 0 amide bonds. The first-order valence-electron chi connectivity index (χ1n) is 10.4. The van der Waals surface area contributed by atoms with Crippen molar-refractivity contribution in [2.75, 3.05) is 5.32 Å². The second-order valence-electron chi connectivity index (χ2n) is 7.61. The van der Waals surface area contributed by atoms with Crippen molar-refractivity contribution in [3.05, 3.63) is 112 Å². The van der Waals surface area contributed by atoms with E-state index in [9.17, 15) is 0 Å². The van der Waals surface area contributed by atoms with Crippen LogP contribution in [-0.2, 0) is 6.54 Å². The molecule has 0 aliphatic carbocycles. The lowest BCUT2D eigenvalue weighted by Gasteiger charge is -2.14. The Bertz CT molecular complexity index is 1450. The fourth-order valence-corrected chi connectivity index (χ4v) is 4.36. The number of nitrogens with zero attached hydrogens (tertiary/aromatic N) is 2. The zero-order valence-electron chi connectivity index (χ0n) is 17.4. The first kappa shape index (κ1) is 21.7. The Labute approximate surface area is 207 Å². The number of aromatic nitrogens is 2. The molecule has 3 nitrogen and oxygen atoms in total. The summed E-state index contributed by atoms with van der Waals surface area (Å²) in [5, 5.41) is 15.1. The third-order valence-electron chi connectivity index (χ3n) is 5.42. The summed E-state index contributed by atoms with van der Waals surface area (Å²) in [6.45, 7) is 0.618. The van der Waals surface area contributed by atoms with Gasteiger partial charge in [0.2, 0.25) is 0 Å². The maximum absolute atomic E-state index is 6.45. The van der Waals surface area contributed by atoms with Gasteiger partial charge < -0.3 is 5.32 Å². The Morgan fingerprint density at radius 3 is 2.24 bits per heavy atom. The van der Waals surface area contributed by atoms with Crippen molar-refractivity contribution in [1.29, 1.82) is 0 Å². The molecule has 5 aromatic rings. The van der Waals surface area contributed by atoms with Crippen molar-refractivity contribution in [3.63, 3.8) is 0 Å². The van der Waals surface area contributed by atoms with Gasteiger partial charge in [-0.15, -0.1) is 10.2 Å². The van der Waals surface area contributed by atoms with Crippen LogP contribution in [0.15, 0.2) is 91.0 Å². The number of fused-ring (bicyclic) bond motifs is 1. The van der Waals surface area contributed by atoms with Gasteiger partial charge >= 0.3 is 0 Å². The Balaban J connectivity index is 1.58. The minimum atomic E-state index is 0.545. The van der Waals surface area contributed by atoms with Crippen molar-refractivity contribution in [3.8, 4) is 22.4 Å². The van der Waals surface area contributed by atoms with Crippen LogP contribution in [0.4, 0.5) is 5.69 Å². The highest BCUT2D eigenvalue weighted by Crippen LogP contribution is 2.38. The van der Waals surface area contributed by atoms with E-state index in [1.54, 1.807) is 0 Å². The number of anilines is 1. The number of rotatable bonds is 5. The van der Waals surface area contributed by atoms with Gasteiger partial charge in [0.25, 0.3) is 0 Å². The third-order valence-corrected chi connectivity index (χ3v) is 6.47. The summed E-state index contributed by atoms with van der Waals surface area (Å²) >= 11 is 18.7. The van der Waals surface area contributed by atoms with E-state index >= 15 is 0 Å². The molecule has 5 rings (SSSR count). The Hall–Kier alpha value is -3.11. The van der Waals surface area contributed by atoms with Gasteiger partial charge in [0.15, 0.2) is 0 Å². The molecule has 0 aliphatic rings. The van der Waals surface area contributed by atoms with Crippen molar-refractivity contribution in [2.45, 2.75) is 6.54 Å². The summed E-state index contributed by atoms with van der Waals surface area (Å²) in [6.07, 6.45) is 0. The van der Waals surface area contributed by atoms with E-state index in [4.69, 9.17) is 34.8 Å². The molecule has 0 bridgehead atoms. The van der Waals surface area contributed by atoms with Crippen LogP contribution in [0.3, 0.4) is 0 Å². The van der Waals surface area contributed by atoms with E-state index in [2.05, 4.69) is 27.6 Å². The Kier molecular flexibility index (Phi) is 6.19.